The van der Waals surface area contributed by atoms with E-state index in [1.54, 1.807) is 0 Å². The number of hydrogen-bond acceptors (Lipinski definition) is 3. The molecule has 0 radical (unpaired) electrons. The van der Waals surface area contributed by atoms with Gasteiger partial charge < -0.3 is 8.97 Å². The molecular formula is C45H27N5. The zero-order valence-electron chi connectivity index (χ0n) is 50.8. The first-order valence-electron chi connectivity index (χ1n) is 27.8. The van der Waals surface area contributed by atoms with E-state index < -0.39 is 230 Å². The molecule has 0 N–H and O–H groups in total. The van der Waals surface area contributed by atoms with Crippen molar-refractivity contribution in [2.24, 2.45) is 0 Å². The SMILES string of the molecule is [2H]c1cc(-c2nc(-c3c([2H])c([2H])c([2H])c([2H])c3[2H])nc(-c3c([2H])c([2H])c([2H])c([2H])c3[2H])n2)c(-n2c3c([2H])c([2H])c([2H])c4c5c([2H])c([2H])c([2H])c6c7c([2H])c([2H])c([2H])c([2H])c7n(c7c([2H])c([2H])c([2H])c2c7c43)c56)c([2H])c1[2H]. The largest absolute Gasteiger partial charge is 0.308 e. The lowest BCUT2D eigenvalue weighted by atomic mass is 10.0. The molecule has 232 valence electrons. The summed E-state index contributed by atoms with van der Waals surface area (Å²) < 4.78 is 235. The summed E-state index contributed by atoms with van der Waals surface area (Å²) in [6.45, 7) is 0. The van der Waals surface area contributed by atoms with E-state index in [4.69, 9.17) is 23.3 Å². The predicted molar refractivity (Wildman–Crippen MR) is 205 cm³/mol. The molecule has 0 amide bonds. The fourth-order valence-corrected chi connectivity index (χ4v) is 6.39. The van der Waals surface area contributed by atoms with Crippen LogP contribution in [-0.4, -0.2) is 23.9 Å². The van der Waals surface area contributed by atoms with Crippen LogP contribution >= 0.6 is 0 Å². The molecule has 50 heavy (non-hydrogen) atoms. The predicted octanol–water partition coefficient (Wildman–Crippen LogP) is 11.1. The van der Waals surface area contributed by atoms with Crippen LogP contribution in [0, 0.1) is 0 Å². The zero-order chi connectivity index (χ0) is 55.4. The third kappa shape index (κ3) is 3.74. The lowest BCUT2D eigenvalue weighted by Gasteiger charge is -2.15. The standard InChI is InChI=1S/C45H27N5/c1-3-14-28(15-4-1)43-46-44(29-16-5-2-6-17-29)48-45(47-43)34-19-8-10-24-36(34)49-37-25-12-20-31-33-22-11-21-32-30-18-7-9-23-35(30)50(42(32)33)39-27-13-26-38(49)41(39)40(31)37/h1-27H/i1D,2D,3D,4D,5D,6D,7D,8D,9D,10D,11D,12D,13D,14D,15D,16D,17D,18D,20D,21D,22D,23D,24D,25D,26D,27D. The summed E-state index contributed by atoms with van der Waals surface area (Å²) in [5.41, 5.74) is -4.91. The molecule has 11 aromatic rings. The number of benzene rings is 7. The molecule has 0 bridgehead atoms. The Bertz CT molecular complexity index is 4460. The van der Waals surface area contributed by atoms with Crippen molar-refractivity contribution in [3.8, 4) is 39.9 Å². The minimum atomic E-state index is -0.936. The second kappa shape index (κ2) is 10.3. The van der Waals surface area contributed by atoms with Crippen molar-refractivity contribution in [2.75, 3.05) is 0 Å². The van der Waals surface area contributed by atoms with Gasteiger partial charge in [0.15, 0.2) is 17.5 Å². The Balaban J connectivity index is 1.44. The molecule has 0 aliphatic carbocycles. The van der Waals surface area contributed by atoms with Crippen molar-refractivity contribution >= 4 is 59.9 Å². The van der Waals surface area contributed by atoms with Crippen LogP contribution in [0.25, 0.3) is 99.8 Å². The number of aromatic nitrogens is 5. The van der Waals surface area contributed by atoms with Gasteiger partial charge in [-0.2, -0.15) is 0 Å². The first-order valence-corrected chi connectivity index (χ1v) is 14.8. The Labute approximate surface area is 323 Å². The van der Waals surface area contributed by atoms with E-state index in [1.807, 2.05) is 0 Å². The van der Waals surface area contributed by atoms with Crippen LogP contribution in [0.2, 0.25) is 0 Å². The molecule has 5 nitrogen and oxygen atoms in total. The van der Waals surface area contributed by atoms with E-state index in [0.29, 0.717) is 0 Å². The van der Waals surface area contributed by atoms with Gasteiger partial charge in [0, 0.05) is 43.6 Å². The van der Waals surface area contributed by atoms with Gasteiger partial charge >= 0.3 is 0 Å². The molecule has 0 unspecified atom stereocenters. The normalized spacial score (nSPS) is 19.3. The molecule has 0 aliphatic heterocycles. The highest BCUT2D eigenvalue weighted by molar-refractivity contribution is 6.31. The van der Waals surface area contributed by atoms with Crippen LogP contribution in [0.5, 0.6) is 0 Å². The quantitative estimate of drug-likeness (QED) is 0.188. The maximum atomic E-state index is 9.64. The molecule has 0 fully saturated rings. The Morgan fingerprint density at radius 3 is 1.68 bits per heavy atom. The Hall–Kier alpha value is -6.85. The summed E-state index contributed by atoms with van der Waals surface area (Å²) in [5, 5.41) is -2.27. The molecule has 4 aromatic heterocycles. The van der Waals surface area contributed by atoms with Gasteiger partial charge in [-0.15, -0.1) is 0 Å². The Morgan fingerprint density at radius 1 is 0.400 bits per heavy atom. The van der Waals surface area contributed by atoms with Gasteiger partial charge in [0.1, 0.15) is 0 Å². The molecule has 5 heteroatoms. The molecule has 0 aliphatic rings. The molecular weight excluding hydrogens is 611 g/mol. The summed E-state index contributed by atoms with van der Waals surface area (Å²) in [5.74, 6) is -2.31. The van der Waals surface area contributed by atoms with Crippen LogP contribution < -0.4 is 0 Å². The highest BCUT2D eigenvalue weighted by atomic mass is 15.1. The lowest BCUT2D eigenvalue weighted by molar-refractivity contribution is 1.06. The number of nitrogens with zero attached hydrogens (tertiary/aromatic N) is 5. The van der Waals surface area contributed by atoms with E-state index in [1.165, 1.54) is 0 Å². The van der Waals surface area contributed by atoms with Crippen LogP contribution in [0.3, 0.4) is 0 Å². The molecule has 4 heterocycles. The summed E-state index contributed by atoms with van der Waals surface area (Å²) >= 11 is 0. The molecule has 0 atom stereocenters. The van der Waals surface area contributed by atoms with E-state index in [9.17, 15) is 12.3 Å². The van der Waals surface area contributed by atoms with Crippen molar-refractivity contribution < 1.29 is 35.6 Å². The van der Waals surface area contributed by atoms with Gasteiger partial charge in [-0.05, 0) is 41.7 Å². The zero-order valence-corrected chi connectivity index (χ0v) is 24.8. The number of fused-ring (bicyclic) bond motifs is 5. The minimum Gasteiger partial charge on any atom is -0.308 e. The minimum absolute atomic E-state index is 0.311. The van der Waals surface area contributed by atoms with Gasteiger partial charge in [0.2, 0.25) is 0 Å². The van der Waals surface area contributed by atoms with E-state index >= 15 is 0 Å². The van der Waals surface area contributed by atoms with E-state index in [0.717, 1.165) is 15.0 Å². The highest BCUT2D eigenvalue weighted by Gasteiger charge is 2.23. The van der Waals surface area contributed by atoms with Gasteiger partial charge in [-0.3, -0.25) is 0 Å². The summed E-state index contributed by atoms with van der Waals surface area (Å²) in [7, 11) is 0. The highest BCUT2D eigenvalue weighted by Crippen LogP contribution is 2.44. The molecule has 11 rings (SSSR count). The van der Waals surface area contributed by atoms with Crippen LogP contribution in [0.1, 0.15) is 35.6 Å². The average Bonchev–Trinajstić information content (AvgIpc) is 4.12. The molecule has 0 saturated heterocycles. The first kappa shape index (κ1) is 12.2. The second-order valence-corrected chi connectivity index (χ2v) is 10.9. The van der Waals surface area contributed by atoms with Crippen molar-refractivity contribution in [1.29, 1.82) is 0 Å². The van der Waals surface area contributed by atoms with E-state index in [2.05, 4.69) is 15.0 Å². The average molecular weight is 664 g/mol. The molecule has 0 spiro atoms. The fraction of sp³-hybridized carbons (Fsp3) is 0. The van der Waals surface area contributed by atoms with Crippen molar-refractivity contribution in [2.45, 2.75) is 0 Å². The van der Waals surface area contributed by atoms with Crippen molar-refractivity contribution in [3.63, 3.8) is 0 Å². The maximum Gasteiger partial charge on any atom is 0.166 e. The third-order valence-corrected chi connectivity index (χ3v) is 8.35. The van der Waals surface area contributed by atoms with Crippen molar-refractivity contribution in [1.82, 2.24) is 23.9 Å². The number of rotatable bonds is 4. The monoisotopic (exact) mass is 663 g/mol. The van der Waals surface area contributed by atoms with E-state index in [-0.39, 0.29) is 27.1 Å². The van der Waals surface area contributed by atoms with Crippen LogP contribution in [-0.2, 0) is 0 Å². The lowest BCUT2D eigenvalue weighted by Crippen LogP contribution is -2.03. The smallest absolute Gasteiger partial charge is 0.166 e. The van der Waals surface area contributed by atoms with Crippen LogP contribution in [0.4, 0.5) is 0 Å². The summed E-state index contributed by atoms with van der Waals surface area (Å²) in [6.07, 6.45) is 0. The fourth-order valence-electron chi connectivity index (χ4n) is 6.39. The van der Waals surface area contributed by atoms with Gasteiger partial charge in [-0.1, -0.05) is 127 Å². The third-order valence-electron chi connectivity index (χ3n) is 8.35. The number of para-hydroxylation sites is 3. The second-order valence-electron chi connectivity index (χ2n) is 10.9. The van der Waals surface area contributed by atoms with Gasteiger partial charge in [0.05, 0.1) is 68.9 Å². The van der Waals surface area contributed by atoms with Gasteiger partial charge in [0.25, 0.3) is 0 Å². The topological polar surface area (TPSA) is 48.0 Å². The molecule has 7 aromatic carbocycles. The Kier molecular flexibility index (Phi) is 2.53. The Morgan fingerprint density at radius 2 is 0.920 bits per heavy atom. The number of hydrogen-bond donors (Lipinski definition) is 0. The molecule has 0 saturated carbocycles. The maximum absolute atomic E-state index is 9.64. The van der Waals surface area contributed by atoms with Crippen molar-refractivity contribution in [3.05, 3.63) is 163 Å². The van der Waals surface area contributed by atoms with Crippen LogP contribution in [0.15, 0.2) is 163 Å². The summed E-state index contributed by atoms with van der Waals surface area (Å²) in [4.78, 5) is 13.2. The summed E-state index contributed by atoms with van der Waals surface area (Å²) in [6, 6.07) is -20.7. The van der Waals surface area contributed by atoms with Gasteiger partial charge in [-0.25, -0.2) is 15.0 Å². The first-order chi connectivity index (χ1) is 35.6.